The molecule has 0 unspecified atom stereocenters. The first-order chi connectivity index (χ1) is 13.6. The monoisotopic (exact) mass is 412 g/mol. The van der Waals surface area contributed by atoms with Crippen molar-refractivity contribution in [2.24, 2.45) is 21.8 Å². The summed E-state index contributed by atoms with van der Waals surface area (Å²) in [5.74, 6) is 0.560. The van der Waals surface area contributed by atoms with Crippen molar-refractivity contribution in [2.45, 2.75) is 0 Å². The topological polar surface area (TPSA) is 121 Å². The summed E-state index contributed by atoms with van der Waals surface area (Å²) in [6.07, 6.45) is 3.32. The number of amidine groups is 2. The van der Waals surface area contributed by atoms with E-state index in [1.165, 1.54) is 14.2 Å². The highest BCUT2D eigenvalue weighted by Crippen LogP contribution is 2.23. The number of halogens is 1. The van der Waals surface area contributed by atoms with Crippen molar-refractivity contribution in [3.8, 4) is 22.5 Å². The van der Waals surface area contributed by atoms with E-state index in [1.807, 2.05) is 48.5 Å². The Morgan fingerprint density at radius 3 is 1.34 bits per heavy atom. The van der Waals surface area contributed by atoms with Gasteiger partial charge in [0.15, 0.2) is 11.7 Å². The van der Waals surface area contributed by atoms with Gasteiger partial charge in [0.05, 0.1) is 11.4 Å². The summed E-state index contributed by atoms with van der Waals surface area (Å²) in [6, 6.07) is 15.4. The minimum atomic E-state index is 0. The number of hydrogen-bond acceptors (Lipinski definition) is 6. The number of oxime groups is 2. The summed E-state index contributed by atoms with van der Waals surface area (Å²) in [5, 5.41) is 7.39. The quantitative estimate of drug-likeness (QED) is 0.364. The maximum atomic E-state index is 5.78. The molecule has 2 aromatic heterocycles. The third-order valence-corrected chi connectivity index (χ3v) is 3.97. The lowest BCUT2D eigenvalue weighted by Gasteiger charge is -2.06. The van der Waals surface area contributed by atoms with E-state index in [-0.39, 0.29) is 24.1 Å². The molecule has 0 amide bonds. The molecule has 3 aromatic rings. The summed E-state index contributed by atoms with van der Waals surface area (Å²) in [6.45, 7) is 0. The molecule has 2 heterocycles. The molecule has 1 aromatic carbocycles. The second-order valence-corrected chi connectivity index (χ2v) is 5.76. The van der Waals surface area contributed by atoms with Gasteiger partial charge in [-0.2, -0.15) is 0 Å². The Morgan fingerprint density at radius 2 is 1.07 bits per heavy atom. The van der Waals surface area contributed by atoms with Gasteiger partial charge in [0.2, 0.25) is 0 Å². The van der Waals surface area contributed by atoms with Crippen LogP contribution in [0.25, 0.3) is 22.5 Å². The van der Waals surface area contributed by atoms with Crippen molar-refractivity contribution in [2.75, 3.05) is 14.2 Å². The van der Waals surface area contributed by atoms with Gasteiger partial charge in [-0.15, -0.1) is 12.4 Å². The van der Waals surface area contributed by atoms with Gasteiger partial charge in [0.1, 0.15) is 14.2 Å². The Morgan fingerprint density at radius 1 is 0.690 bits per heavy atom. The molecule has 29 heavy (non-hydrogen) atoms. The zero-order valence-corrected chi connectivity index (χ0v) is 16.8. The zero-order chi connectivity index (χ0) is 19.9. The smallest absolute Gasteiger partial charge is 0.171 e. The molecule has 8 nitrogen and oxygen atoms in total. The van der Waals surface area contributed by atoms with Crippen LogP contribution in [0.5, 0.6) is 0 Å². The first-order valence-corrected chi connectivity index (χ1v) is 8.39. The molecule has 0 bridgehead atoms. The molecule has 0 atom stereocenters. The second kappa shape index (κ2) is 10.0. The van der Waals surface area contributed by atoms with E-state index in [2.05, 4.69) is 30.0 Å². The predicted octanol–water partition coefficient (Wildman–Crippen LogP) is 2.77. The largest absolute Gasteiger partial charge is 0.397 e. The van der Waals surface area contributed by atoms with E-state index < -0.39 is 0 Å². The number of nitrogens with zero attached hydrogens (tertiary/aromatic N) is 4. The van der Waals surface area contributed by atoms with Gasteiger partial charge in [-0.25, -0.2) is 0 Å². The molecule has 0 saturated carbocycles. The van der Waals surface area contributed by atoms with Crippen LogP contribution in [0.4, 0.5) is 0 Å². The average molecular weight is 413 g/mol. The molecule has 150 valence electrons. The summed E-state index contributed by atoms with van der Waals surface area (Å²) < 4.78 is 0. The van der Waals surface area contributed by atoms with Crippen LogP contribution in [0, 0.1) is 0 Å². The Balaban J connectivity index is 0.00000300. The second-order valence-electron chi connectivity index (χ2n) is 5.76. The van der Waals surface area contributed by atoms with Crippen molar-refractivity contribution in [1.82, 2.24) is 9.97 Å². The number of nitrogens with two attached hydrogens (primary N) is 2. The Labute approximate surface area is 174 Å². The minimum absolute atomic E-state index is 0. The van der Waals surface area contributed by atoms with E-state index in [0.29, 0.717) is 11.1 Å². The fraction of sp³-hybridized carbons (Fsp3) is 0.100. The molecule has 0 saturated heterocycles. The van der Waals surface area contributed by atoms with Crippen molar-refractivity contribution >= 4 is 24.1 Å². The summed E-state index contributed by atoms with van der Waals surface area (Å²) >= 11 is 0. The van der Waals surface area contributed by atoms with Crippen LogP contribution in [-0.2, 0) is 9.68 Å². The lowest BCUT2D eigenvalue weighted by Crippen LogP contribution is -2.13. The molecule has 0 fully saturated rings. The molecular formula is C20H21ClN6O2. The van der Waals surface area contributed by atoms with Crippen LogP contribution >= 0.6 is 12.4 Å². The van der Waals surface area contributed by atoms with Crippen LogP contribution in [-0.4, -0.2) is 35.9 Å². The van der Waals surface area contributed by atoms with E-state index in [0.717, 1.165) is 22.5 Å². The van der Waals surface area contributed by atoms with E-state index in [9.17, 15) is 0 Å². The standard InChI is InChI=1S/C20H20N6O2.ClH/c1-27-25-19(21)15-7-9-17(23-11-15)13-3-5-14(6-4-13)18-10-8-16(12-24-18)20(22)26-28-2;/h3-12H,1-2H3,(H2,21,25)(H2,22,26);1H. The third-order valence-electron chi connectivity index (χ3n) is 3.97. The highest BCUT2D eigenvalue weighted by atomic mass is 35.5. The summed E-state index contributed by atoms with van der Waals surface area (Å²) in [5.41, 5.74) is 16.6. The average Bonchev–Trinajstić information content (AvgIpc) is 2.74. The fourth-order valence-electron chi connectivity index (χ4n) is 2.55. The molecule has 3 rings (SSSR count). The number of rotatable bonds is 6. The normalized spacial score (nSPS) is 11.5. The Hall–Kier alpha value is -3.65. The molecule has 0 aliphatic heterocycles. The molecule has 0 aliphatic carbocycles. The van der Waals surface area contributed by atoms with Crippen molar-refractivity contribution in [3.63, 3.8) is 0 Å². The van der Waals surface area contributed by atoms with Crippen molar-refractivity contribution in [3.05, 3.63) is 72.1 Å². The van der Waals surface area contributed by atoms with Crippen molar-refractivity contribution < 1.29 is 9.68 Å². The van der Waals surface area contributed by atoms with Gasteiger partial charge in [-0.3, -0.25) is 9.97 Å². The van der Waals surface area contributed by atoms with Crippen LogP contribution in [0.15, 0.2) is 71.2 Å². The number of hydrogen-bond donors (Lipinski definition) is 2. The summed E-state index contributed by atoms with van der Waals surface area (Å²) in [7, 11) is 2.89. The number of benzene rings is 1. The van der Waals surface area contributed by atoms with Gasteiger partial charge in [0.25, 0.3) is 0 Å². The SMILES string of the molecule is CO/N=C(/N)c1ccc(-c2ccc(-c3ccc(/C(N)=N\OC)cn3)cc2)nc1.Cl. The van der Waals surface area contributed by atoms with Crippen LogP contribution in [0.1, 0.15) is 11.1 Å². The Bertz CT molecular complexity index is 904. The van der Waals surface area contributed by atoms with Crippen LogP contribution < -0.4 is 11.5 Å². The predicted molar refractivity (Wildman–Crippen MR) is 116 cm³/mol. The van der Waals surface area contributed by atoms with Gasteiger partial charge in [-0.05, 0) is 24.3 Å². The zero-order valence-electron chi connectivity index (χ0n) is 15.9. The van der Waals surface area contributed by atoms with Gasteiger partial charge < -0.3 is 21.1 Å². The maximum Gasteiger partial charge on any atom is 0.171 e. The molecule has 0 aliphatic rings. The first kappa shape index (κ1) is 21.6. The van der Waals surface area contributed by atoms with Gasteiger partial charge in [0, 0.05) is 34.6 Å². The maximum absolute atomic E-state index is 5.78. The lowest BCUT2D eigenvalue weighted by molar-refractivity contribution is 0.213. The molecular weight excluding hydrogens is 392 g/mol. The first-order valence-electron chi connectivity index (χ1n) is 8.39. The highest BCUT2D eigenvalue weighted by molar-refractivity contribution is 5.97. The summed E-state index contributed by atoms with van der Waals surface area (Å²) in [4.78, 5) is 18.2. The number of pyridine rings is 2. The Kier molecular flexibility index (Phi) is 7.50. The van der Waals surface area contributed by atoms with E-state index in [1.54, 1.807) is 12.4 Å². The minimum Gasteiger partial charge on any atom is -0.397 e. The van der Waals surface area contributed by atoms with Crippen LogP contribution in [0.2, 0.25) is 0 Å². The molecule has 9 heteroatoms. The van der Waals surface area contributed by atoms with E-state index in [4.69, 9.17) is 11.5 Å². The third kappa shape index (κ3) is 5.20. The molecule has 0 spiro atoms. The number of aromatic nitrogens is 2. The molecule has 0 radical (unpaired) electrons. The van der Waals surface area contributed by atoms with Gasteiger partial charge in [-0.1, -0.05) is 34.6 Å². The van der Waals surface area contributed by atoms with Gasteiger partial charge >= 0.3 is 0 Å². The van der Waals surface area contributed by atoms with E-state index >= 15 is 0 Å². The van der Waals surface area contributed by atoms with Crippen LogP contribution in [0.3, 0.4) is 0 Å². The highest BCUT2D eigenvalue weighted by Gasteiger charge is 2.06. The lowest BCUT2D eigenvalue weighted by atomic mass is 10.1. The van der Waals surface area contributed by atoms with Crippen molar-refractivity contribution in [1.29, 1.82) is 0 Å². The molecule has 4 N–H and O–H groups in total. The fourth-order valence-corrected chi connectivity index (χ4v) is 2.55.